The van der Waals surface area contributed by atoms with Crippen molar-refractivity contribution in [2.45, 2.75) is 78.5 Å². The van der Waals surface area contributed by atoms with Crippen molar-refractivity contribution in [3.63, 3.8) is 0 Å². The number of nitrogens with zero attached hydrogens (tertiary/aromatic N) is 4. The van der Waals surface area contributed by atoms with Crippen molar-refractivity contribution in [3.05, 3.63) is 41.3 Å². The second-order valence-corrected chi connectivity index (χ2v) is 11.1. The summed E-state index contributed by atoms with van der Waals surface area (Å²) in [5, 5.41) is 10.4. The van der Waals surface area contributed by atoms with E-state index in [9.17, 15) is 5.11 Å². The molecule has 1 saturated heterocycles. The number of hydrogen-bond acceptors (Lipinski definition) is 5. The third kappa shape index (κ3) is 4.64. The summed E-state index contributed by atoms with van der Waals surface area (Å²) >= 11 is 0. The molecule has 5 rings (SSSR count). The van der Waals surface area contributed by atoms with Crippen LogP contribution in [-0.4, -0.2) is 54.8 Å². The molecule has 2 N–H and O–H groups in total. The molecule has 2 aliphatic rings. The predicted octanol–water partition coefficient (Wildman–Crippen LogP) is 5.31. The van der Waals surface area contributed by atoms with Crippen LogP contribution in [0.15, 0.2) is 24.4 Å². The fraction of sp³-hybridized carbons (Fsp3) is 0.571. The van der Waals surface area contributed by atoms with Crippen LogP contribution in [0.4, 0.5) is 0 Å². The van der Waals surface area contributed by atoms with E-state index in [1.165, 1.54) is 5.56 Å². The Morgan fingerprint density at radius 3 is 2.51 bits per heavy atom. The molecule has 1 unspecified atom stereocenters. The van der Waals surface area contributed by atoms with Crippen LogP contribution in [-0.2, 0) is 6.54 Å². The average molecular weight is 478 g/mol. The minimum Gasteiger partial charge on any atom is -0.491 e. The van der Waals surface area contributed by atoms with Gasteiger partial charge in [-0.3, -0.25) is 4.90 Å². The smallest absolute Gasteiger partial charge is 0.158 e. The number of aryl methyl sites for hydroxylation is 1. The topological polar surface area (TPSA) is 79.2 Å². The van der Waals surface area contributed by atoms with Gasteiger partial charge in [-0.15, -0.1) is 0 Å². The Labute approximate surface area is 208 Å². The van der Waals surface area contributed by atoms with Gasteiger partial charge in [-0.2, -0.15) is 0 Å². The number of aromatic amines is 1. The highest BCUT2D eigenvalue weighted by molar-refractivity contribution is 5.69. The Hall–Kier alpha value is -2.64. The van der Waals surface area contributed by atoms with Crippen LogP contribution in [0.25, 0.3) is 22.9 Å². The number of likely N-dealkylation sites (tertiary alicyclic amines) is 1. The molecule has 0 saturated carbocycles. The Kier molecular flexibility index (Phi) is 6.26. The van der Waals surface area contributed by atoms with Crippen LogP contribution in [0, 0.1) is 12.8 Å². The van der Waals surface area contributed by atoms with Crippen molar-refractivity contribution in [2.75, 3.05) is 19.7 Å². The predicted molar refractivity (Wildman–Crippen MR) is 139 cm³/mol. The van der Waals surface area contributed by atoms with Crippen molar-refractivity contribution in [3.8, 4) is 28.7 Å². The lowest BCUT2D eigenvalue weighted by atomic mass is 9.82. The molecule has 1 aromatic carbocycles. The molecular formula is C28H39N5O2. The van der Waals surface area contributed by atoms with Gasteiger partial charge in [0.1, 0.15) is 23.9 Å². The molecule has 2 aromatic heterocycles. The van der Waals surface area contributed by atoms with E-state index in [1.807, 2.05) is 13.8 Å². The number of rotatable bonds is 5. The van der Waals surface area contributed by atoms with Gasteiger partial charge >= 0.3 is 0 Å². The second kappa shape index (κ2) is 9.10. The Balaban J connectivity index is 1.43. The van der Waals surface area contributed by atoms with E-state index in [1.54, 1.807) is 0 Å². The number of aromatic nitrogens is 4. The van der Waals surface area contributed by atoms with Gasteiger partial charge in [0.25, 0.3) is 0 Å². The summed E-state index contributed by atoms with van der Waals surface area (Å²) < 4.78 is 8.29. The van der Waals surface area contributed by atoms with Crippen LogP contribution >= 0.6 is 0 Å². The highest BCUT2D eigenvalue weighted by atomic mass is 16.5. The van der Waals surface area contributed by atoms with E-state index in [4.69, 9.17) is 14.7 Å². The Morgan fingerprint density at radius 2 is 1.86 bits per heavy atom. The fourth-order valence-electron chi connectivity index (χ4n) is 5.64. The average Bonchev–Trinajstić information content (AvgIpc) is 3.38. The normalized spacial score (nSPS) is 18.2. The maximum Gasteiger partial charge on any atom is 0.158 e. The third-order valence-corrected chi connectivity index (χ3v) is 7.88. The molecule has 0 amide bonds. The highest BCUT2D eigenvalue weighted by Gasteiger charge is 2.32. The molecule has 7 nitrogen and oxygen atoms in total. The van der Waals surface area contributed by atoms with Crippen LogP contribution in [0.1, 0.15) is 76.4 Å². The zero-order valence-corrected chi connectivity index (χ0v) is 21.9. The highest BCUT2D eigenvalue weighted by Crippen LogP contribution is 2.38. The van der Waals surface area contributed by atoms with E-state index in [0.29, 0.717) is 18.4 Å². The fourth-order valence-corrected chi connectivity index (χ4v) is 5.64. The maximum atomic E-state index is 10.4. The number of piperidine rings is 1. The maximum absolute atomic E-state index is 10.4. The largest absolute Gasteiger partial charge is 0.491 e. The van der Waals surface area contributed by atoms with E-state index >= 15 is 0 Å². The molecule has 4 heterocycles. The first-order valence-corrected chi connectivity index (χ1v) is 13.0. The molecule has 2 aliphatic heterocycles. The number of hydrogen-bond donors (Lipinski definition) is 2. The third-order valence-electron chi connectivity index (χ3n) is 7.88. The van der Waals surface area contributed by atoms with Gasteiger partial charge in [0.2, 0.25) is 0 Å². The zero-order valence-electron chi connectivity index (χ0n) is 21.9. The van der Waals surface area contributed by atoms with E-state index < -0.39 is 5.60 Å². The zero-order chi connectivity index (χ0) is 24.9. The molecule has 1 fully saturated rings. The summed E-state index contributed by atoms with van der Waals surface area (Å²) in [5.74, 6) is 3.37. The molecule has 0 bridgehead atoms. The first kappa shape index (κ1) is 24.1. The van der Waals surface area contributed by atoms with Crippen molar-refractivity contribution in [1.82, 2.24) is 24.4 Å². The number of benzene rings is 1. The molecule has 188 valence electrons. The van der Waals surface area contributed by atoms with Crippen molar-refractivity contribution >= 4 is 0 Å². The first-order chi connectivity index (χ1) is 16.6. The monoisotopic (exact) mass is 477 g/mol. The number of nitrogens with one attached hydrogen (secondary N) is 1. The van der Waals surface area contributed by atoms with Gasteiger partial charge in [0.05, 0.1) is 23.4 Å². The molecule has 1 atom stereocenters. The summed E-state index contributed by atoms with van der Waals surface area (Å²) in [7, 11) is 0. The minimum atomic E-state index is -0.603. The quantitative estimate of drug-likeness (QED) is 0.521. The molecule has 7 heteroatoms. The van der Waals surface area contributed by atoms with Crippen LogP contribution < -0.4 is 4.74 Å². The van der Waals surface area contributed by atoms with Crippen LogP contribution in [0.2, 0.25) is 0 Å². The van der Waals surface area contributed by atoms with Gasteiger partial charge in [-0.25, -0.2) is 9.97 Å². The van der Waals surface area contributed by atoms with Gasteiger partial charge < -0.3 is 19.4 Å². The first-order valence-electron chi connectivity index (χ1n) is 13.0. The van der Waals surface area contributed by atoms with E-state index in [0.717, 1.165) is 72.5 Å². The van der Waals surface area contributed by atoms with Gasteiger partial charge in [-0.1, -0.05) is 19.9 Å². The summed E-state index contributed by atoms with van der Waals surface area (Å²) in [5.41, 5.74) is 4.77. The number of ether oxygens (including phenoxy) is 1. The van der Waals surface area contributed by atoms with Gasteiger partial charge in [0.15, 0.2) is 5.82 Å². The number of H-pyrrole nitrogens is 1. The standard InChI is InChI=1S/C28H39N5O2/c1-17(2)25-18(3)29-26(31-25)23-16-33-13-14-35-24-8-7-20(15-22(24)27(33)30-23)19(4)32-11-9-21(10-12-32)28(5,6)34/h7-8,15-17,19,21,34H,9-14H2,1-6H3,(H,29,31). The number of fused-ring (bicyclic) bond motifs is 3. The van der Waals surface area contributed by atoms with Crippen molar-refractivity contribution < 1.29 is 9.84 Å². The summed E-state index contributed by atoms with van der Waals surface area (Å²) in [6.45, 7) is 15.9. The summed E-state index contributed by atoms with van der Waals surface area (Å²) in [6, 6.07) is 6.83. The summed E-state index contributed by atoms with van der Waals surface area (Å²) in [6.07, 6.45) is 4.14. The molecule has 35 heavy (non-hydrogen) atoms. The van der Waals surface area contributed by atoms with Crippen LogP contribution in [0.5, 0.6) is 5.75 Å². The lowest BCUT2D eigenvalue weighted by Crippen LogP contribution is -2.42. The lowest BCUT2D eigenvalue weighted by molar-refractivity contribution is -0.0179. The lowest BCUT2D eigenvalue weighted by Gasteiger charge is -2.40. The molecule has 0 aliphatic carbocycles. The van der Waals surface area contributed by atoms with Gasteiger partial charge in [-0.05, 0) is 83.2 Å². The van der Waals surface area contributed by atoms with E-state index in [-0.39, 0.29) is 6.04 Å². The Morgan fingerprint density at radius 1 is 1.11 bits per heavy atom. The Bertz CT molecular complexity index is 1190. The van der Waals surface area contributed by atoms with Crippen LogP contribution in [0.3, 0.4) is 0 Å². The molecule has 0 radical (unpaired) electrons. The molecular weight excluding hydrogens is 438 g/mol. The van der Waals surface area contributed by atoms with Crippen molar-refractivity contribution in [1.29, 1.82) is 0 Å². The number of imidazole rings is 2. The minimum absolute atomic E-state index is 0.288. The van der Waals surface area contributed by atoms with Gasteiger partial charge in [0, 0.05) is 17.9 Å². The molecule has 0 spiro atoms. The summed E-state index contributed by atoms with van der Waals surface area (Å²) in [4.78, 5) is 15.8. The number of aliphatic hydroxyl groups is 1. The van der Waals surface area contributed by atoms with Crippen molar-refractivity contribution in [2.24, 2.45) is 5.92 Å². The molecule has 3 aromatic rings. The van der Waals surface area contributed by atoms with E-state index in [2.05, 4.69) is 66.5 Å². The SMILES string of the molecule is Cc1[nH]c(-c2cn3c(n2)-c2cc(C(C)N4CCC(C(C)(C)O)CC4)ccc2OCC3)nc1C(C)C. The second-order valence-electron chi connectivity index (χ2n) is 11.1.